The second-order valence-electron chi connectivity index (χ2n) is 7.03. The molecule has 1 aromatic heterocycles. The molecule has 0 aliphatic heterocycles. The molecule has 30 heavy (non-hydrogen) atoms. The predicted octanol–water partition coefficient (Wildman–Crippen LogP) is 4.80. The zero-order valence-electron chi connectivity index (χ0n) is 15.9. The van der Waals surface area contributed by atoms with Gasteiger partial charge in [-0.25, -0.2) is 4.79 Å². The van der Waals surface area contributed by atoms with Gasteiger partial charge in [-0.2, -0.15) is 0 Å². The number of aromatic nitrogens is 1. The van der Waals surface area contributed by atoms with Crippen molar-refractivity contribution in [2.75, 3.05) is 0 Å². The minimum Gasteiger partial charge on any atom is -0.480 e. The number of carbonyl (C=O) groups excluding carboxylic acids is 1. The molecule has 0 unspecified atom stereocenters. The van der Waals surface area contributed by atoms with E-state index in [4.69, 9.17) is 11.6 Å². The van der Waals surface area contributed by atoms with Crippen molar-refractivity contribution in [3.63, 3.8) is 0 Å². The van der Waals surface area contributed by atoms with Gasteiger partial charge >= 0.3 is 5.97 Å². The number of hydrogen-bond donors (Lipinski definition) is 3. The van der Waals surface area contributed by atoms with E-state index >= 15 is 0 Å². The topological polar surface area (TPSA) is 82.2 Å². The Morgan fingerprint density at radius 2 is 1.83 bits per heavy atom. The molecule has 0 radical (unpaired) electrons. The molecular formula is C24H19ClN2O3. The van der Waals surface area contributed by atoms with Crippen molar-refractivity contribution in [1.29, 1.82) is 0 Å². The molecule has 4 rings (SSSR count). The summed E-state index contributed by atoms with van der Waals surface area (Å²) >= 11 is 6.00. The highest BCUT2D eigenvalue weighted by molar-refractivity contribution is 6.31. The monoisotopic (exact) mass is 418 g/mol. The quantitative estimate of drug-likeness (QED) is 0.393. The fourth-order valence-electron chi connectivity index (χ4n) is 3.47. The second-order valence-corrected chi connectivity index (χ2v) is 7.47. The van der Waals surface area contributed by atoms with Crippen LogP contribution >= 0.6 is 11.6 Å². The number of hydrogen-bond acceptors (Lipinski definition) is 2. The van der Waals surface area contributed by atoms with Crippen LogP contribution in [0, 0.1) is 0 Å². The van der Waals surface area contributed by atoms with Crippen molar-refractivity contribution in [2.24, 2.45) is 0 Å². The number of fused-ring (bicyclic) bond motifs is 2. The minimum atomic E-state index is -1.10. The van der Waals surface area contributed by atoms with Crippen molar-refractivity contribution in [1.82, 2.24) is 10.3 Å². The molecule has 5 nitrogen and oxygen atoms in total. The highest BCUT2D eigenvalue weighted by atomic mass is 35.5. The maximum Gasteiger partial charge on any atom is 0.326 e. The molecule has 0 aliphatic rings. The van der Waals surface area contributed by atoms with Gasteiger partial charge in [0.15, 0.2) is 0 Å². The Morgan fingerprint density at radius 3 is 2.67 bits per heavy atom. The summed E-state index contributed by atoms with van der Waals surface area (Å²) in [5.41, 5.74) is 2.46. The van der Waals surface area contributed by atoms with E-state index in [0.29, 0.717) is 10.7 Å². The maximum atomic E-state index is 12.4. The van der Waals surface area contributed by atoms with Crippen molar-refractivity contribution in [3.8, 4) is 0 Å². The van der Waals surface area contributed by atoms with Gasteiger partial charge in [0.2, 0.25) is 5.91 Å². The molecule has 1 atom stereocenters. The van der Waals surface area contributed by atoms with Crippen LogP contribution < -0.4 is 5.32 Å². The molecule has 1 heterocycles. The molecule has 0 spiro atoms. The third kappa shape index (κ3) is 4.36. The smallest absolute Gasteiger partial charge is 0.326 e. The van der Waals surface area contributed by atoms with E-state index in [2.05, 4.69) is 10.3 Å². The first-order chi connectivity index (χ1) is 14.5. The highest BCUT2D eigenvalue weighted by Crippen LogP contribution is 2.21. The summed E-state index contributed by atoms with van der Waals surface area (Å²) in [4.78, 5) is 27.2. The minimum absolute atomic E-state index is 0.134. The number of aromatic amines is 1. The number of H-pyrrole nitrogens is 1. The van der Waals surface area contributed by atoms with Crippen LogP contribution in [0.25, 0.3) is 27.8 Å². The van der Waals surface area contributed by atoms with E-state index in [1.807, 2.05) is 54.6 Å². The fourth-order valence-corrected chi connectivity index (χ4v) is 3.66. The van der Waals surface area contributed by atoms with Crippen molar-refractivity contribution < 1.29 is 14.7 Å². The Labute approximate surface area is 178 Å². The van der Waals surface area contributed by atoms with Gasteiger partial charge in [0, 0.05) is 34.1 Å². The van der Waals surface area contributed by atoms with Crippen LogP contribution in [-0.2, 0) is 16.0 Å². The molecule has 4 aromatic rings. The number of carboxylic acids is 1. The summed E-state index contributed by atoms with van der Waals surface area (Å²) in [6, 6.07) is 19.9. The van der Waals surface area contributed by atoms with Crippen LogP contribution in [0.4, 0.5) is 0 Å². The standard InChI is InChI=1S/C24H19ClN2O3/c25-18-9-10-21-17(12-18)13-19(26-21)14-22(24(29)30)27-23(28)11-8-16-6-3-5-15-4-1-2-7-20(15)16/h1-13,22,26H,14H2,(H,27,28)(H,29,30)/b11-8+/t22-/m1/s1. The number of benzene rings is 3. The van der Waals surface area contributed by atoms with Gasteiger partial charge in [-0.3, -0.25) is 4.79 Å². The van der Waals surface area contributed by atoms with Crippen LogP contribution in [-0.4, -0.2) is 28.0 Å². The zero-order valence-corrected chi connectivity index (χ0v) is 16.7. The lowest BCUT2D eigenvalue weighted by Crippen LogP contribution is -2.41. The summed E-state index contributed by atoms with van der Waals surface area (Å²) in [5, 5.41) is 15.7. The molecule has 0 bridgehead atoms. The number of aliphatic carboxylic acids is 1. The van der Waals surface area contributed by atoms with Gasteiger partial charge in [-0.1, -0.05) is 54.1 Å². The van der Waals surface area contributed by atoms with Gasteiger partial charge < -0.3 is 15.4 Å². The number of carbonyl (C=O) groups is 2. The lowest BCUT2D eigenvalue weighted by atomic mass is 10.0. The molecule has 3 aromatic carbocycles. The average molecular weight is 419 g/mol. The first-order valence-corrected chi connectivity index (χ1v) is 9.84. The van der Waals surface area contributed by atoms with E-state index in [1.165, 1.54) is 6.08 Å². The van der Waals surface area contributed by atoms with Crippen LogP contribution in [0.5, 0.6) is 0 Å². The van der Waals surface area contributed by atoms with Crippen LogP contribution in [0.15, 0.2) is 72.8 Å². The Hall–Kier alpha value is -3.57. The summed E-state index contributed by atoms with van der Waals surface area (Å²) < 4.78 is 0. The molecule has 150 valence electrons. The van der Waals surface area contributed by atoms with E-state index < -0.39 is 17.9 Å². The number of rotatable bonds is 6. The van der Waals surface area contributed by atoms with Gasteiger partial charge in [0.05, 0.1) is 0 Å². The van der Waals surface area contributed by atoms with Gasteiger partial charge in [-0.15, -0.1) is 0 Å². The lowest BCUT2D eigenvalue weighted by molar-refractivity contribution is -0.141. The van der Waals surface area contributed by atoms with E-state index in [0.717, 1.165) is 27.2 Å². The van der Waals surface area contributed by atoms with Crippen LogP contribution in [0.2, 0.25) is 5.02 Å². The van der Waals surface area contributed by atoms with Gasteiger partial charge in [0.1, 0.15) is 6.04 Å². The average Bonchev–Trinajstić information content (AvgIpc) is 3.13. The first kappa shape index (κ1) is 19.7. The van der Waals surface area contributed by atoms with Crippen molar-refractivity contribution in [3.05, 3.63) is 89.1 Å². The number of amides is 1. The predicted molar refractivity (Wildman–Crippen MR) is 120 cm³/mol. The molecule has 1 amide bonds. The lowest BCUT2D eigenvalue weighted by Gasteiger charge is -2.12. The molecule has 0 saturated heterocycles. The normalized spacial score (nSPS) is 12.4. The molecule has 3 N–H and O–H groups in total. The summed E-state index contributed by atoms with van der Waals surface area (Å²) in [7, 11) is 0. The summed E-state index contributed by atoms with van der Waals surface area (Å²) in [5.74, 6) is -1.56. The zero-order chi connectivity index (χ0) is 21.1. The Kier molecular flexibility index (Phi) is 5.55. The highest BCUT2D eigenvalue weighted by Gasteiger charge is 2.20. The van der Waals surface area contributed by atoms with Crippen LogP contribution in [0.1, 0.15) is 11.3 Å². The Morgan fingerprint density at radius 1 is 1.03 bits per heavy atom. The molecule has 0 saturated carbocycles. The number of carboxylic acid groups (broad SMARTS) is 1. The van der Waals surface area contributed by atoms with E-state index in [9.17, 15) is 14.7 Å². The van der Waals surface area contributed by atoms with Gasteiger partial charge in [0.25, 0.3) is 0 Å². The fraction of sp³-hybridized carbons (Fsp3) is 0.0833. The van der Waals surface area contributed by atoms with E-state index in [-0.39, 0.29) is 6.42 Å². The Bertz CT molecular complexity index is 1270. The third-order valence-corrected chi connectivity index (χ3v) is 5.15. The summed E-state index contributed by atoms with van der Waals surface area (Å²) in [6.07, 6.45) is 3.19. The van der Waals surface area contributed by atoms with Crippen molar-refractivity contribution in [2.45, 2.75) is 12.5 Å². The summed E-state index contributed by atoms with van der Waals surface area (Å²) in [6.45, 7) is 0. The number of halogens is 1. The number of nitrogens with one attached hydrogen (secondary N) is 2. The SMILES string of the molecule is O=C(/C=C/c1cccc2ccccc12)N[C@H](Cc1cc2cc(Cl)ccc2[nH]1)C(=O)O. The second kappa shape index (κ2) is 8.43. The first-order valence-electron chi connectivity index (χ1n) is 9.46. The van der Waals surface area contributed by atoms with Crippen molar-refractivity contribution >= 4 is 51.2 Å². The largest absolute Gasteiger partial charge is 0.480 e. The van der Waals surface area contributed by atoms with E-state index in [1.54, 1.807) is 18.2 Å². The van der Waals surface area contributed by atoms with Crippen LogP contribution in [0.3, 0.4) is 0 Å². The maximum absolute atomic E-state index is 12.4. The molecule has 0 aliphatic carbocycles. The third-order valence-electron chi connectivity index (χ3n) is 4.91. The van der Waals surface area contributed by atoms with Gasteiger partial charge in [-0.05, 0) is 46.7 Å². The molecule has 6 heteroatoms. The molecule has 0 fully saturated rings. The molecular weight excluding hydrogens is 400 g/mol. The Balaban J connectivity index is 1.49.